The molecule has 0 saturated carbocycles. The minimum atomic E-state index is -0.520. The maximum absolute atomic E-state index is 10.9. The Bertz CT molecular complexity index is 141. The molecule has 1 N–H and O–H groups in total. The monoisotopic (exact) mass is 174 g/mol. The number of carbonyl (C=O) groups excluding carboxylic acids is 1. The van der Waals surface area contributed by atoms with Gasteiger partial charge in [0.15, 0.2) is 5.78 Å². The number of rotatable bonds is 5. The summed E-state index contributed by atoms with van der Waals surface area (Å²) < 4.78 is 0. The number of allylic oxidation sites excluding steroid dienone is 1. The molecule has 2 nitrogen and oxygen atoms in total. The number of aliphatic hydroxyl groups excluding tert-OH is 1. The van der Waals surface area contributed by atoms with Crippen molar-refractivity contribution in [3.05, 3.63) is 12.2 Å². The highest BCUT2D eigenvalue weighted by Gasteiger charge is 1.95. The van der Waals surface area contributed by atoms with Gasteiger partial charge in [-0.2, -0.15) is 11.8 Å². The van der Waals surface area contributed by atoms with Crippen LogP contribution in [0.5, 0.6) is 0 Å². The summed E-state index contributed by atoms with van der Waals surface area (Å²) in [7, 11) is 0. The van der Waals surface area contributed by atoms with Gasteiger partial charge >= 0.3 is 0 Å². The molecule has 0 aromatic heterocycles. The fourth-order valence-electron chi connectivity index (χ4n) is 0.533. The molecular weight excluding hydrogens is 160 g/mol. The van der Waals surface area contributed by atoms with Crippen molar-refractivity contribution in [1.82, 2.24) is 0 Å². The Morgan fingerprint density at radius 3 is 2.82 bits per heavy atom. The van der Waals surface area contributed by atoms with E-state index in [4.69, 9.17) is 5.11 Å². The predicted octanol–water partition coefficient (Wildman–Crippen LogP) is 1.25. The Kier molecular flexibility index (Phi) is 6.27. The molecule has 0 aliphatic heterocycles. The van der Waals surface area contributed by atoms with E-state index >= 15 is 0 Å². The molecule has 0 aromatic carbocycles. The Labute approximate surface area is 71.7 Å². The first-order valence-corrected chi connectivity index (χ1v) is 4.94. The van der Waals surface area contributed by atoms with E-state index in [0.717, 1.165) is 5.75 Å². The zero-order chi connectivity index (χ0) is 8.69. The topological polar surface area (TPSA) is 37.3 Å². The summed E-state index contributed by atoms with van der Waals surface area (Å²) in [6.07, 6.45) is 4.95. The fraction of sp³-hybridized carbons (Fsp3) is 0.625. The van der Waals surface area contributed by atoms with Gasteiger partial charge < -0.3 is 5.11 Å². The van der Waals surface area contributed by atoms with Crippen LogP contribution >= 0.6 is 11.8 Å². The molecule has 0 aliphatic carbocycles. The summed E-state index contributed by atoms with van der Waals surface area (Å²) in [6.45, 7) is 1.62. The second kappa shape index (κ2) is 6.43. The van der Waals surface area contributed by atoms with Gasteiger partial charge in [0.2, 0.25) is 0 Å². The van der Waals surface area contributed by atoms with Crippen molar-refractivity contribution in [2.45, 2.75) is 19.4 Å². The van der Waals surface area contributed by atoms with E-state index < -0.39 is 6.10 Å². The summed E-state index contributed by atoms with van der Waals surface area (Å²) in [6, 6.07) is 0. The molecule has 0 amide bonds. The summed E-state index contributed by atoms with van der Waals surface area (Å²) in [5.74, 6) is 0.934. The van der Waals surface area contributed by atoms with Gasteiger partial charge in [0.25, 0.3) is 0 Å². The largest absolute Gasteiger partial charge is 0.389 e. The maximum atomic E-state index is 10.9. The highest BCUT2D eigenvalue weighted by molar-refractivity contribution is 7.98. The van der Waals surface area contributed by atoms with Crippen molar-refractivity contribution in [3.63, 3.8) is 0 Å². The third-order valence-electron chi connectivity index (χ3n) is 1.11. The zero-order valence-corrected chi connectivity index (χ0v) is 7.73. The van der Waals surface area contributed by atoms with Crippen LogP contribution in [0.3, 0.4) is 0 Å². The summed E-state index contributed by atoms with van der Waals surface area (Å²) in [5.41, 5.74) is 0. The van der Waals surface area contributed by atoms with Gasteiger partial charge in [-0.3, -0.25) is 4.79 Å². The molecule has 0 spiro atoms. The highest BCUT2D eigenvalue weighted by atomic mass is 32.2. The molecule has 0 saturated heterocycles. The van der Waals surface area contributed by atoms with Crippen molar-refractivity contribution in [3.8, 4) is 0 Å². The zero-order valence-electron chi connectivity index (χ0n) is 6.91. The molecular formula is C8H14O2S. The molecule has 1 atom stereocenters. The van der Waals surface area contributed by atoms with Crippen LogP contribution in [0.25, 0.3) is 0 Å². The minimum Gasteiger partial charge on any atom is -0.389 e. The molecule has 0 bridgehead atoms. The number of aliphatic hydroxyl groups is 1. The smallest absolute Gasteiger partial charge is 0.156 e. The molecule has 0 heterocycles. The van der Waals surface area contributed by atoms with Crippen LogP contribution in [0.4, 0.5) is 0 Å². The second-order valence-corrected chi connectivity index (χ2v) is 3.29. The van der Waals surface area contributed by atoms with Crippen molar-refractivity contribution >= 4 is 17.5 Å². The molecule has 0 fully saturated rings. The summed E-state index contributed by atoms with van der Waals surface area (Å²) in [4.78, 5) is 10.9. The molecule has 0 aromatic rings. The van der Waals surface area contributed by atoms with Gasteiger partial charge in [0.05, 0.1) is 6.10 Å². The number of ketones is 1. The van der Waals surface area contributed by atoms with Crippen LogP contribution in [0.1, 0.15) is 13.3 Å². The lowest BCUT2D eigenvalue weighted by atomic mass is 10.2. The van der Waals surface area contributed by atoms with Crippen LogP contribution in [0.15, 0.2) is 12.2 Å². The van der Waals surface area contributed by atoms with Gasteiger partial charge in [-0.25, -0.2) is 0 Å². The third-order valence-corrected chi connectivity index (χ3v) is 1.73. The SMILES string of the molecule is CSCCC(=O)/C=C/C(C)O. The number of hydrogen-bond donors (Lipinski definition) is 1. The van der Waals surface area contributed by atoms with E-state index in [9.17, 15) is 4.79 Å². The van der Waals surface area contributed by atoms with Crippen LogP contribution in [0.2, 0.25) is 0 Å². The molecule has 0 rings (SSSR count). The van der Waals surface area contributed by atoms with Gasteiger partial charge in [-0.15, -0.1) is 0 Å². The van der Waals surface area contributed by atoms with E-state index in [0.29, 0.717) is 6.42 Å². The number of thioether (sulfide) groups is 1. The molecule has 0 aliphatic rings. The van der Waals surface area contributed by atoms with Gasteiger partial charge in [0, 0.05) is 12.2 Å². The van der Waals surface area contributed by atoms with Crippen LogP contribution in [-0.2, 0) is 4.79 Å². The fourth-order valence-corrected chi connectivity index (χ4v) is 0.938. The third kappa shape index (κ3) is 7.62. The Balaban J connectivity index is 3.51. The van der Waals surface area contributed by atoms with Gasteiger partial charge in [-0.1, -0.05) is 6.08 Å². The molecule has 0 radical (unpaired) electrons. The lowest BCUT2D eigenvalue weighted by Gasteiger charge is -1.93. The van der Waals surface area contributed by atoms with Crippen molar-refractivity contribution < 1.29 is 9.90 Å². The van der Waals surface area contributed by atoms with Gasteiger partial charge in [0.1, 0.15) is 0 Å². The average molecular weight is 174 g/mol. The van der Waals surface area contributed by atoms with Crippen LogP contribution < -0.4 is 0 Å². The first-order chi connectivity index (χ1) is 5.16. The van der Waals surface area contributed by atoms with Crippen molar-refractivity contribution in [2.24, 2.45) is 0 Å². The predicted molar refractivity (Wildman–Crippen MR) is 48.8 cm³/mol. The van der Waals surface area contributed by atoms with E-state index in [1.54, 1.807) is 18.7 Å². The minimum absolute atomic E-state index is 0.0836. The average Bonchev–Trinajstić information content (AvgIpc) is 1.97. The first-order valence-electron chi connectivity index (χ1n) is 3.55. The number of carbonyl (C=O) groups is 1. The van der Waals surface area contributed by atoms with E-state index in [2.05, 4.69) is 0 Å². The summed E-state index contributed by atoms with van der Waals surface area (Å²) in [5, 5.41) is 8.78. The van der Waals surface area contributed by atoms with E-state index in [-0.39, 0.29) is 5.78 Å². The Morgan fingerprint density at radius 2 is 2.36 bits per heavy atom. The van der Waals surface area contributed by atoms with E-state index in [1.165, 1.54) is 12.2 Å². The molecule has 1 unspecified atom stereocenters. The van der Waals surface area contributed by atoms with Crippen molar-refractivity contribution in [2.75, 3.05) is 12.0 Å². The summed E-state index contributed by atoms with van der Waals surface area (Å²) >= 11 is 1.65. The Hall–Kier alpha value is -0.280. The molecule has 64 valence electrons. The second-order valence-electron chi connectivity index (χ2n) is 2.31. The Morgan fingerprint density at radius 1 is 1.73 bits per heavy atom. The van der Waals surface area contributed by atoms with E-state index in [1.807, 2.05) is 6.26 Å². The lowest BCUT2D eigenvalue weighted by Crippen LogP contribution is -1.98. The first kappa shape index (κ1) is 10.7. The lowest BCUT2D eigenvalue weighted by molar-refractivity contribution is -0.114. The maximum Gasteiger partial charge on any atom is 0.156 e. The normalized spacial score (nSPS) is 13.7. The number of hydrogen-bond acceptors (Lipinski definition) is 3. The van der Waals surface area contributed by atoms with Crippen LogP contribution in [0, 0.1) is 0 Å². The van der Waals surface area contributed by atoms with Gasteiger partial charge in [-0.05, 0) is 19.3 Å². The van der Waals surface area contributed by atoms with Crippen molar-refractivity contribution in [1.29, 1.82) is 0 Å². The standard InChI is InChI=1S/C8H14O2S/c1-7(9)3-4-8(10)5-6-11-2/h3-4,7,9H,5-6H2,1-2H3/b4-3+. The highest BCUT2D eigenvalue weighted by Crippen LogP contribution is 1.97. The molecule has 11 heavy (non-hydrogen) atoms. The quantitative estimate of drug-likeness (QED) is 0.637. The van der Waals surface area contributed by atoms with Crippen LogP contribution in [-0.4, -0.2) is 29.0 Å². The molecule has 3 heteroatoms.